The third kappa shape index (κ3) is 3.75. The van der Waals surface area contributed by atoms with Crippen LogP contribution in [0.1, 0.15) is 36.5 Å². The molecule has 4 heteroatoms. The standard InChI is InChI=1S/C22H24N2O.ClH/c1-15-9-11-16(12-10-15)21-14-18(17-6-2-3-7-19(17)24-21)22(25)20-8-4-5-13-23-20;/h2-3,6-7,9-12,14,20,22-23,25H,4-5,8,13H2,1H3;1H/t20-,22+;/m1./s1. The Bertz CT molecular complexity index is 873. The number of aryl methyl sites for hydroxylation is 1. The fourth-order valence-electron chi connectivity index (χ4n) is 3.68. The molecule has 3 nitrogen and oxygen atoms in total. The van der Waals surface area contributed by atoms with E-state index in [9.17, 15) is 5.11 Å². The number of para-hydroxylation sites is 1. The number of hydrogen-bond acceptors (Lipinski definition) is 3. The Kier molecular flexibility index (Phi) is 5.92. The molecule has 2 aromatic carbocycles. The molecule has 0 amide bonds. The van der Waals surface area contributed by atoms with Crippen molar-refractivity contribution in [2.24, 2.45) is 0 Å². The average molecular weight is 369 g/mol. The smallest absolute Gasteiger partial charge is 0.0950 e. The van der Waals surface area contributed by atoms with Crippen molar-refractivity contribution < 1.29 is 5.11 Å². The van der Waals surface area contributed by atoms with Crippen LogP contribution in [-0.4, -0.2) is 22.7 Å². The summed E-state index contributed by atoms with van der Waals surface area (Å²) in [7, 11) is 0. The highest BCUT2D eigenvalue weighted by Crippen LogP contribution is 2.32. The fraction of sp³-hybridized carbons (Fsp3) is 0.318. The highest BCUT2D eigenvalue weighted by Gasteiger charge is 2.25. The van der Waals surface area contributed by atoms with E-state index in [2.05, 4.69) is 48.6 Å². The van der Waals surface area contributed by atoms with Crippen LogP contribution in [0.3, 0.4) is 0 Å². The Morgan fingerprint density at radius 1 is 1.08 bits per heavy atom. The van der Waals surface area contributed by atoms with Crippen LogP contribution in [0.5, 0.6) is 0 Å². The molecule has 136 valence electrons. The minimum atomic E-state index is -0.516. The summed E-state index contributed by atoms with van der Waals surface area (Å²) < 4.78 is 0. The van der Waals surface area contributed by atoms with Crippen molar-refractivity contribution in [2.45, 2.75) is 38.3 Å². The van der Waals surface area contributed by atoms with E-state index in [1.807, 2.05) is 18.2 Å². The molecule has 2 N–H and O–H groups in total. The van der Waals surface area contributed by atoms with Gasteiger partial charge in [0.05, 0.1) is 17.3 Å². The van der Waals surface area contributed by atoms with Gasteiger partial charge in [0.25, 0.3) is 0 Å². The lowest BCUT2D eigenvalue weighted by Gasteiger charge is -2.29. The van der Waals surface area contributed by atoms with E-state index in [-0.39, 0.29) is 18.4 Å². The Balaban J connectivity index is 0.00000196. The fourth-order valence-corrected chi connectivity index (χ4v) is 3.68. The molecule has 0 spiro atoms. The zero-order valence-corrected chi connectivity index (χ0v) is 15.8. The number of pyridine rings is 1. The van der Waals surface area contributed by atoms with Crippen molar-refractivity contribution in [1.29, 1.82) is 0 Å². The summed E-state index contributed by atoms with van der Waals surface area (Å²) in [5.74, 6) is 0. The topological polar surface area (TPSA) is 45.1 Å². The number of aliphatic hydroxyl groups is 1. The first-order valence-electron chi connectivity index (χ1n) is 9.10. The van der Waals surface area contributed by atoms with Crippen LogP contribution >= 0.6 is 12.4 Å². The molecule has 0 aliphatic carbocycles. The molecule has 0 bridgehead atoms. The summed E-state index contributed by atoms with van der Waals surface area (Å²) in [6.07, 6.45) is 2.85. The number of hydrogen-bond donors (Lipinski definition) is 2. The number of benzene rings is 2. The molecule has 1 aliphatic rings. The normalized spacial score (nSPS) is 18.3. The maximum atomic E-state index is 11.1. The minimum Gasteiger partial charge on any atom is -0.387 e. The second kappa shape index (κ2) is 8.17. The molecule has 0 radical (unpaired) electrons. The van der Waals surface area contributed by atoms with E-state index < -0.39 is 6.10 Å². The van der Waals surface area contributed by atoms with Crippen molar-refractivity contribution >= 4 is 23.3 Å². The Morgan fingerprint density at radius 3 is 2.58 bits per heavy atom. The zero-order chi connectivity index (χ0) is 17.2. The maximum absolute atomic E-state index is 11.1. The quantitative estimate of drug-likeness (QED) is 0.697. The number of fused-ring (bicyclic) bond motifs is 1. The van der Waals surface area contributed by atoms with Crippen molar-refractivity contribution in [3.8, 4) is 11.3 Å². The monoisotopic (exact) mass is 368 g/mol. The van der Waals surface area contributed by atoms with Gasteiger partial charge >= 0.3 is 0 Å². The number of halogens is 1. The number of piperidine rings is 1. The van der Waals surface area contributed by atoms with Crippen molar-refractivity contribution in [1.82, 2.24) is 10.3 Å². The third-order valence-corrected chi connectivity index (χ3v) is 5.14. The lowest BCUT2D eigenvalue weighted by molar-refractivity contribution is 0.115. The summed E-state index contributed by atoms with van der Waals surface area (Å²) in [6, 6.07) is 18.7. The number of aliphatic hydroxyl groups excluding tert-OH is 1. The van der Waals surface area contributed by atoms with Gasteiger partial charge < -0.3 is 10.4 Å². The first-order chi connectivity index (χ1) is 12.2. The van der Waals surface area contributed by atoms with Crippen molar-refractivity contribution in [2.75, 3.05) is 6.54 Å². The minimum absolute atomic E-state index is 0. The average Bonchev–Trinajstić information content (AvgIpc) is 2.68. The van der Waals surface area contributed by atoms with Crippen molar-refractivity contribution in [3.05, 3.63) is 65.7 Å². The van der Waals surface area contributed by atoms with Gasteiger partial charge in [0.1, 0.15) is 0 Å². The molecule has 3 aromatic rings. The van der Waals surface area contributed by atoms with Gasteiger partial charge in [0.15, 0.2) is 0 Å². The maximum Gasteiger partial charge on any atom is 0.0950 e. The summed E-state index contributed by atoms with van der Waals surface area (Å²) >= 11 is 0. The van der Waals surface area contributed by atoms with E-state index in [1.54, 1.807) is 0 Å². The molecule has 2 atom stereocenters. The molecule has 1 saturated heterocycles. The van der Waals surface area contributed by atoms with Gasteiger partial charge in [-0.3, -0.25) is 0 Å². The summed E-state index contributed by atoms with van der Waals surface area (Å²) in [5, 5.41) is 15.6. The van der Waals surface area contributed by atoms with Gasteiger partial charge in [0.2, 0.25) is 0 Å². The Morgan fingerprint density at radius 2 is 1.85 bits per heavy atom. The second-order valence-corrected chi connectivity index (χ2v) is 6.98. The van der Waals surface area contributed by atoms with Crippen LogP contribution < -0.4 is 5.32 Å². The number of rotatable bonds is 3. The van der Waals surface area contributed by atoms with E-state index in [1.165, 1.54) is 18.4 Å². The molecule has 1 fully saturated rings. The highest BCUT2D eigenvalue weighted by atomic mass is 35.5. The Labute approximate surface area is 160 Å². The molecule has 4 rings (SSSR count). The SMILES string of the molecule is Cc1ccc(-c2cc([C@H](O)[C@H]3CCCCN3)c3ccccc3n2)cc1.Cl. The molecule has 0 saturated carbocycles. The van der Waals surface area contributed by atoms with Crippen LogP contribution in [0.4, 0.5) is 0 Å². The summed E-state index contributed by atoms with van der Waals surface area (Å²) in [6.45, 7) is 3.07. The van der Waals surface area contributed by atoms with Crippen LogP contribution in [0, 0.1) is 6.92 Å². The largest absolute Gasteiger partial charge is 0.387 e. The summed E-state index contributed by atoms with van der Waals surface area (Å²) in [4.78, 5) is 4.83. The lowest BCUT2D eigenvalue weighted by atomic mass is 9.92. The molecule has 1 aliphatic heterocycles. The highest BCUT2D eigenvalue weighted by molar-refractivity contribution is 5.86. The number of aromatic nitrogens is 1. The predicted molar refractivity (Wildman–Crippen MR) is 110 cm³/mol. The number of nitrogens with zero attached hydrogens (tertiary/aromatic N) is 1. The second-order valence-electron chi connectivity index (χ2n) is 6.98. The van der Waals surface area contributed by atoms with Gasteiger partial charge in [0, 0.05) is 17.0 Å². The molecular weight excluding hydrogens is 344 g/mol. The zero-order valence-electron chi connectivity index (χ0n) is 15.0. The lowest BCUT2D eigenvalue weighted by Crippen LogP contribution is -2.38. The molecule has 0 unspecified atom stereocenters. The molecular formula is C22H25ClN2O. The summed E-state index contributed by atoms with van der Waals surface area (Å²) in [5.41, 5.74) is 5.15. The predicted octanol–water partition coefficient (Wildman–Crippen LogP) is 4.81. The van der Waals surface area contributed by atoms with Crippen LogP contribution in [0.25, 0.3) is 22.2 Å². The molecule has 2 heterocycles. The van der Waals surface area contributed by atoms with Crippen LogP contribution in [-0.2, 0) is 0 Å². The van der Waals surface area contributed by atoms with E-state index >= 15 is 0 Å². The van der Waals surface area contributed by atoms with E-state index in [4.69, 9.17) is 4.98 Å². The van der Waals surface area contributed by atoms with Gasteiger partial charge in [-0.15, -0.1) is 12.4 Å². The van der Waals surface area contributed by atoms with Crippen molar-refractivity contribution in [3.63, 3.8) is 0 Å². The van der Waals surface area contributed by atoms with E-state index in [0.717, 1.165) is 40.7 Å². The first kappa shape index (κ1) is 18.8. The van der Waals surface area contributed by atoms with Gasteiger partial charge in [-0.25, -0.2) is 4.98 Å². The number of nitrogens with one attached hydrogen (secondary N) is 1. The first-order valence-corrected chi connectivity index (χ1v) is 9.10. The third-order valence-electron chi connectivity index (χ3n) is 5.14. The van der Waals surface area contributed by atoms with E-state index in [0.29, 0.717) is 0 Å². The van der Waals surface area contributed by atoms with Crippen LogP contribution in [0.2, 0.25) is 0 Å². The molecule has 1 aromatic heterocycles. The Hall–Kier alpha value is -1.94. The van der Waals surface area contributed by atoms with Gasteiger partial charge in [-0.05, 0) is 44.0 Å². The van der Waals surface area contributed by atoms with Crippen LogP contribution in [0.15, 0.2) is 54.6 Å². The van der Waals surface area contributed by atoms with Gasteiger partial charge in [-0.2, -0.15) is 0 Å². The molecule has 26 heavy (non-hydrogen) atoms. The van der Waals surface area contributed by atoms with Gasteiger partial charge in [-0.1, -0.05) is 54.4 Å².